The summed E-state index contributed by atoms with van der Waals surface area (Å²) in [6.45, 7) is 3.00. The molecule has 2 aromatic rings. The minimum atomic E-state index is -0.116. The molecule has 1 aliphatic rings. The van der Waals surface area contributed by atoms with Crippen LogP contribution in [0, 0.1) is 0 Å². The van der Waals surface area contributed by atoms with Crippen molar-refractivity contribution in [2.75, 3.05) is 13.1 Å². The lowest BCUT2D eigenvalue weighted by atomic mass is 10.0. The van der Waals surface area contributed by atoms with Crippen molar-refractivity contribution in [2.45, 2.75) is 25.8 Å². The molecule has 1 aliphatic heterocycles. The first-order valence-electron chi connectivity index (χ1n) is 6.47. The minimum absolute atomic E-state index is 0.103. The van der Waals surface area contributed by atoms with Gasteiger partial charge in [-0.3, -0.25) is 14.3 Å². The Morgan fingerprint density at radius 3 is 2.84 bits per heavy atom. The van der Waals surface area contributed by atoms with Crippen LogP contribution < -0.4 is 5.69 Å². The van der Waals surface area contributed by atoms with Crippen molar-refractivity contribution in [3.05, 3.63) is 28.8 Å². The van der Waals surface area contributed by atoms with Crippen LogP contribution in [-0.4, -0.2) is 38.4 Å². The van der Waals surface area contributed by atoms with Crippen molar-refractivity contribution < 1.29 is 4.79 Å². The molecule has 0 atom stereocenters. The predicted molar refractivity (Wildman–Crippen MR) is 70.9 cm³/mol. The molecular weight excluding hydrogens is 244 g/mol. The van der Waals surface area contributed by atoms with Gasteiger partial charge in [0.1, 0.15) is 0 Å². The van der Waals surface area contributed by atoms with E-state index in [1.165, 1.54) is 0 Å². The summed E-state index contributed by atoms with van der Waals surface area (Å²) >= 11 is 0. The number of imidazole rings is 1. The number of hydrogen-bond donors (Lipinski definition) is 1. The molecule has 3 heterocycles. The smallest absolute Gasteiger partial charge is 0.327 e. The van der Waals surface area contributed by atoms with E-state index in [2.05, 4.69) is 9.97 Å². The van der Waals surface area contributed by atoms with Gasteiger partial charge in [0, 0.05) is 32.3 Å². The summed E-state index contributed by atoms with van der Waals surface area (Å²) in [6, 6.07) is 3.87. The van der Waals surface area contributed by atoms with E-state index < -0.39 is 0 Å². The first-order chi connectivity index (χ1) is 9.16. The van der Waals surface area contributed by atoms with Gasteiger partial charge in [0.05, 0.1) is 5.52 Å². The number of piperidine rings is 1. The molecule has 0 bridgehead atoms. The third-order valence-electron chi connectivity index (χ3n) is 3.77. The molecule has 19 heavy (non-hydrogen) atoms. The molecule has 1 amide bonds. The highest BCUT2D eigenvalue weighted by atomic mass is 16.2. The quantitative estimate of drug-likeness (QED) is 0.828. The standard InChI is InChI=1S/C13H16N4O2/c1-9(18)16-7-4-10(5-8-16)17-11-3-2-6-14-12(11)15-13(17)19/h2-3,6,10H,4-5,7-8H2,1H3,(H,14,15,19). The van der Waals surface area contributed by atoms with Crippen LogP contribution in [-0.2, 0) is 4.79 Å². The molecule has 6 heteroatoms. The van der Waals surface area contributed by atoms with E-state index in [1.54, 1.807) is 17.7 Å². The van der Waals surface area contributed by atoms with Gasteiger partial charge in [-0.25, -0.2) is 9.78 Å². The van der Waals surface area contributed by atoms with Crippen molar-refractivity contribution in [2.24, 2.45) is 0 Å². The molecular formula is C13H16N4O2. The molecule has 0 aromatic carbocycles. The number of fused-ring (bicyclic) bond motifs is 1. The number of hydrogen-bond acceptors (Lipinski definition) is 3. The lowest BCUT2D eigenvalue weighted by Crippen LogP contribution is -2.39. The highest BCUT2D eigenvalue weighted by molar-refractivity contribution is 5.73. The van der Waals surface area contributed by atoms with E-state index >= 15 is 0 Å². The molecule has 0 saturated carbocycles. The normalized spacial score (nSPS) is 17.0. The van der Waals surface area contributed by atoms with Crippen LogP contribution >= 0.6 is 0 Å². The van der Waals surface area contributed by atoms with Gasteiger partial charge in [-0.1, -0.05) is 0 Å². The molecule has 0 radical (unpaired) electrons. The van der Waals surface area contributed by atoms with E-state index in [4.69, 9.17) is 0 Å². The first kappa shape index (κ1) is 12.0. The summed E-state index contributed by atoms with van der Waals surface area (Å²) in [6.07, 6.45) is 3.28. The maximum atomic E-state index is 12.0. The summed E-state index contributed by atoms with van der Waals surface area (Å²) in [7, 11) is 0. The summed E-state index contributed by atoms with van der Waals surface area (Å²) in [5, 5.41) is 0. The van der Waals surface area contributed by atoms with Crippen molar-refractivity contribution in [1.29, 1.82) is 0 Å². The number of likely N-dealkylation sites (tertiary alicyclic amines) is 1. The van der Waals surface area contributed by atoms with Crippen LogP contribution in [0.2, 0.25) is 0 Å². The number of rotatable bonds is 1. The Kier molecular flexibility index (Phi) is 2.85. The molecule has 1 N–H and O–H groups in total. The molecule has 2 aromatic heterocycles. The van der Waals surface area contributed by atoms with Crippen molar-refractivity contribution in [3.8, 4) is 0 Å². The number of H-pyrrole nitrogens is 1. The van der Waals surface area contributed by atoms with E-state index in [9.17, 15) is 9.59 Å². The predicted octanol–water partition coefficient (Wildman–Crippen LogP) is 0.908. The molecule has 3 rings (SSSR count). The maximum Gasteiger partial charge on any atom is 0.327 e. The van der Waals surface area contributed by atoms with Crippen molar-refractivity contribution >= 4 is 17.1 Å². The number of carbonyl (C=O) groups is 1. The van der Waals surface area contributed by atoms with Crippen molar-refractivity contribution in [1.82, 2.24) is 19.4 Å². The number of aromatic nitrogens is 3. The Hall–Kier alpha value is -2.11. The Morgan fingerprint density at radius 1 is 1.42 bits per heavy atom. The molecule has 0 spiro atoms. The fraction of sp³-hybridized carbons (Fsp3) is 0.462. The number of aromatic amines is 1. The van der Waals surface area contributed by atoms with Gasteiger partial charge < -0.3 is 4.90 Å². The highest BCUT2D eigenvalue weighted by Crippen LogP contribution is 2.24. The van der Waals surface area contributed by atoms with E-state index in [0.29, 0.717) is 18.7 Å². The average molecular weight is 260 g/mol. The van der Waals surface area contributed by atoms with Gasteiger partial charge in [-0.2, -0.15) is 0 Å². The zero-order valence-electron chi connectivity index (χ0n) is 10.8. The Balaban J connectivity index is 1.92. The lowest BCUT2D eigenvalue weighted by molar-refractivity contribution is -0.130. The summed E-state index contributed by atoms with van der Waals surface area (Å²) in [5.74, 6) is 0.103. The number of pyridine rings is 1. The molecule has 6 nitrogen and oxygen atoms in total. The summed E-state index contributed by atoms with van der Waals surface area (Å²) in [4.78, 5) is 32.1. The van der Waals surface area contributed by atoms with E-state index in [-0.39, 0.29) is 17.6 Å². The highest BCUT2D eigenvalue weighted by Gasteiger charge is 2.24. The van der Waals surface area contributed by atoms with Gasteiger partial charge in [0.2, 0.25) is 5.91 Å². The second-order valence-corrected chi connectivity index (χ2v) is 4.91. The number of nitrogens with one attached hydrogen (secondary N) is 1. The van der Waals surface area contributed by atoms with Gasteiger partial charge >= 0.3 is 5.69 Å². The Bertz CT molecular complexity index is 665. The monoisotopic (exact) mass is 260 g/mol. The van der Waals surface area contributed by atoms with Crippen LogP contribution in [0.5, 0.6) is 0 Å². The first-order valence-corrected chi connectivity index (χ1v) is 6.47. The maximum absolute atomic E-state index is 12.0. The Labute approximate surface area is 110 Å². The van der Waals surface area contributed by atoms with E-state index in [0.717, 1.165) is 18.4 Å². The van der Waals surface area contributed by atoms with Gasteiger partial charge in [0.15, 0.2) is 5.65 Å². The third kappa shape index (κ3) is 2.03. The third-order valence-corrected chi connectivity index (χ3v) is 3.77. The van der Waals surface area contributed by atoms with Crippen LogP contribution in [0.3, 0.4) is 0 Å². The Morgan fingerprint density at radius 2 is 2.16 bits per heavy atom. The second-order valence-electron chi connectivity index (χ2n) is 4.91. The number of carbonyl (C=O) groups excluding carboxylic acids is 1. The van der Waals surface area contributed by atoms with Crippen LogP contribution in [0.1, 0.15) is 25.8 Å². The second kappa shape index (κ2) is 4.53. The van der Waals surface area contributed by atoms with Gasteiger partial charge in [-0.05, 0) is 25.0 Å². The topological polar surface area (TPSA) is 71.0 Å². The van der Waals surface area contributed by atoms with Crippen LogP contribution in [0.15, 0.2) is 23.1 Å². The SMILES string of the molecule is CC(=O)N1CCC(n2c(=O)[nH]c3ncccc32)CC1. The summed E-state index contributed by atoms with van der Waals surface area (Å²) in [5.41, 5.74) is 1.35. The summed E-state index contributed by atoms with van der Waals surface area (Å²) < 4.78 is 1.78. The minimum Gasteiger partial charge on any atom is -0.343 e. The molecule has 100 valence electrons. The van der Waals surface area contributed by atoms with Gasteiger partial charge in [-0.15, -0.1) is 0 Å². The lowest BCUT2D eigenvalue weighted by Gasteiger charge is -2.31. The van der Waals surface area contributed by atoms with Gasteiger partial charge in [0.25, 0.3) is 0 Å². The zero-order valence-corrected chi connectivity index (χ0v) is 10.8. The fourth-order valence-electron chi connectivity index (χ4n) is 2.76. The molecule has 0 unspecified atom stereocenters. The fourth-order valence-corrected chi connectivity index (χ4v) is 2.76. The molecule has 1 fully saturated rings. The largest absolute Gasteiger partial charge is 0.343 e. The number of nitrogens with zero attached hydrogens (tertiary/aromatic N) is 3. The van der Waals surface area contributed by atoms with E-state index in [1.807, 2.05) is 17.0 Å². The van der Waals surface area contributed by atoms with Crippen molar-refractivity contribution in [3.63, 3.8) is 0 Å². The zero-order chi connectivity index (χ0) is 13.4. The van der Waals surface area contributed by atoms with Crippen LogP contribution in [0.25, 0.3) is 11.2 Å². The van der Waals surface area contributed by atoms with Crippen LogP contribution in [0.4, 0.5) is 0 Å². The molecule has 1 saturated heterocycles. The molecule has 0 aliphatic carbocycles. The average Bonchev–Trinajstić information content (AvgIpc) is 2.74. The number of amides is 1.